The van der Waals surface area contributed by atoms with Crippen LogP contribution < -0.4 is 20.3 Å². The van der Waals surface area contributed by atoms with Gasteiger partial charge in [-0.2, -0.15) is 13.2 Å². The standard InChI is InChI=1S/C23H30F3N7O4/c1-22(2,3)37-21(35)32-15-5-7-16(8-6-15)33(20(34)31-13-23(24,25)26)18-12-27-17(11-28-18)14-9-29-19(36-4)30-10-14/h9-12,15-16H,5-8,13H2,1-4H3,(H,31,34)(H,32,35). The number of anilines is 1. The summed E-state index contributed by atoms with van der Waals surface area (Å²) < 4.78 is 48.5. The van der Waals surface area contributed by atoms with Crippen molar-refractivity contribution < 1.29 is 32.2 Å². The number of alkyl carbamates (subject to hydrolysis) is 1. The number of halogens is 3. The molecule has 3 rings (SSSR count). The monoisotopic (exact) mass is 525 g/mol. The summed E-state index contributed by atoms with van der Waals surface area (Å²) in [4.78, 5) is 42.7. The van der Waals surface area contributed by atoms with Crippen LogP contribution in [0.5, 0.6) is 6.01 Å². The number of hydrogen-bond donors (Lipinski definition) is 2. The molecule has 0 unspecified atom stereocenters. The first-order valence-corrected chi connectivity index (χ1v) is 11.7. The highest BCUT2D eigenvalue weighted by atomic mass is 19.4. The van der Waals surface area contributed by atoms with E-state index in [9.17, 15) is 22.8 Å². The molecule has 3 amide bonds. The number of urea groups is 1. The minimum atomic E-state index is -4.57. The van der Waals surface area contributed by atoms with E-state index in [1.165, 1.54) is 36.8 Å². The minimum Gasteiger partial charge on any atom is -0.467 e. The Kier molecular flexibility index (Phi) is 8.71. The van der Waals surface area contributed by atoms with Crippen molar-refractivity contribution in [3.05, 3.63) is 24.8 Å². The number of nitrogens with one attached hydrogen (secondary N) is 2. The molecule has 0 bridgehead atoms. The molecule has 0 aliphatic heterocycles. The second kappa shape index (κ2) is 11.6. The fourth-order valence-corrected chi connectivity index (χ4v) is 3.82. The average Bonchev–Trinajstić information content (AvgIpc) is 2.83. The summed E-state index contributed by atoms with van der Waals surface area (Å²) >= 11 is 0. The number of rotatable bonds is 6. The van der Waals surface area contributed by atoms with Crippen LogP contribution in [0.25, 0.3) is 11.3 Å². The molecule has 1 aliphatic carbocycles. The molecule has 1 saturated carbocycles. The summed E-state index contributed by atoms with van der Waals surface area (Å²) in [7, 11) is 1.43. The van der Waals surface area contributed by atoms with Crippen LogP contribution in [0.3, 0.4) is 0 Å². The fraction of sp³-hybridized carbons (Fsp3) is 0.565. The molecule has 14 heteroatoms. The predicted octanol–water partition coefficient (Wildman–Crippen LogP) is 3.86. The Hall–Kier alpha value is -3.71. The van der Waals surface area contributed by atoms with Crippen LogP contribution in [-0.4, -0.2) is 69.6 Å². The Labute approximate surface area is 212 Å². The third-order valence-corrected chi connectivity index (χ3v) is 5.43. The number of nitrogens with zero attached hydrogens (tertiary/aromatic N) is 5. The van der Waals surface area contributed by atoms with Gasteiger partial charge in [-0.1, -0.05) is 0 Å². The van der Waals surface area contributed by atoms with Gasteiger partial charge in [-0.25, -0.2) is 24.5 Å². The van der Waals surface area contributed by atoms with Crippen LogP contribution in [-0.2, 0) is 4.74 Å². The molecule has 0 aromatic carbocycles. The molecule has 0 radical (unpaired) electrons. The van der Waals surface area contributed by atoms with Gasteiger partial charge in [-0.15, -0.1) is 0 Å². The van der Waals surface area contributed by atoms with Gasteiger partial charge in [-0.3, -0.25) is 9.88 Å². The summed E-state index contributed by atoms with van der Waals surface area (Å²) in [5, 5.41) is 4.72. The highest BCUT2D eigenvalue weighted by Crippen LogP contribution is 2.28. The first-order chi connectivity index (χ1) is 17.3. The molecule has 0 spiro atoms. The van der Waals surface area contributed by atoms with Crippen molar-refractivity contribution >= 4 is 17.9 Å². The zero-order chi connectivity index (χ0) is 27.2. The van der Waals surface area contributed by atoms with Crippen molar-refractivity contribution in [3.63, 3.8) is 0 Å². The molecule has 2 heterocycles. The van der Waals surface area contributed by atoms with E-state index in [1.54, 1.807) is 20.8 Å². The zero-order valence-electron chi connectivity index (χ0n) is 21.0. The van der Waals surface area contributed by atoms with Gasteiger partial charge in [0.2, 0.25) is 0 Å². The lowest BCUT2D eigenvalue weighted by Gasteiger charge is -2.36. The number of ether oxygens (including phenoxy) is 2. The lowest BCUT2D eigenvalue weighted by atomic mass is 9.90. The SMILES string of the molecule is COc1ncc(-c2cnc(N(C(=O)NCC(F)(F)F)C3CCC(NC(=O)OC(C)(C)C)CC3)cn2)cn1. The summed E-state index contributed by atoms with van der Waals surface area (Å²) in [6.45, 7) is 3.80. The van der Waals surface area contributed by atoms with Crippen molar-refractivity contribution in [2.75, 3.05) is 18.6 Å². The topological polar surface area (TPSA) is 131 Å². The molecule has 2 aromatic rings. The summed E-state index contributed by atoms with van der Waals surface area (Å²) in [6, 6.07) is -1.39. The Morgan fingerprint density at radius 3 is 2.16 bits per heavy atom. The predicted molar refractivity (Wildman–Crippen MR) is 127 cm³/mol. The molecular formula is C23H30F3N7O4. The number of aromatic nitrogens is 4. The van der Waals surface area contributed by atoms with Gasteiger partial charge in [0, 0.05) is 30.0 Å². The van der Waals surface area contributed by atoms with E-state index in [1.807, 2.05) is 5.32 Å². The number of amides is 3. The Balaban J connectivity index is 1.73. The maximum Gasteiger partial charge on any atom is 0.407 e. The molecule has 37 heavy (non-hydrogen) atoms. The first-order valence-electron chi connectivity index (χ1n) is 11.7. The molecule has 2 aromatic heterocycles. The lowest BCUT2D eigenvalue weighted by Crippen LogP contribution is -2.51. The second-order valence-electron chi connectivity index (χ2n) is 9.51. The van der Waals surface area contributed by atoms with Gasteiger partial charge in [0.25, 0.3) is 0 Å². The van der Waals surface area contributed by atoms with Crippen molar-refractivity contribution in [2.45, 2.75) is 70.3 Å². The van der Waals surface area contributed by atoms with E-state index in [2.05, 4.69) is 25.3 Å². The van der Waals surface area contributed by atoms with Gasteiger partial charge in [0.1, 0.15) is 12.1 Å². The molecule has 11 nitrogen and oxygen atoms in total. The van der Waals surface area contributed by atoms with Crippen LogP contribution in [0.1, 0.15) is 46.5 Å². The van der Waals surface area contributed by atoms with Gasteiger partial charge in [-0.05, 0) is 46.5 Å². The van der Waals surface area contributed by atoms with Crippen molar-refractivity contribution in [3.8, 4) is 17.3 Å². The third-order valence-electron chi connectivity index (χ3n) is 5.43. The van der Waals surface area contributed by atoms with Crippen molar-refractivity contribution in [2.24, 2.45) is 0 Å². The van der Waals surface area contributed by atoms with E-state index >= 15 is 0 Å². The van der Waals surface area contributed by atoms with E-state index < -0.39 is 36.5 Å². The van der Waals surface area contributed by atoms with Crippen molar-refractivity contribution in [1.29, 1.82) is 0 Å². The first kappa shape index (κ1) is 27.9. The van der Waals surface area contributed by atoms with Gasteiger partial charge in [0.05, 0.1) is 25.2 Å². The number of carbonyl (C=O) groups excluding carboxylic acids is 2. The van der Waals surface area contributed by atoms with E-state index in [4.69, 9.17) is 9.47 Å². The summed E-state index contributed by atoms with van der Waals surface area (Å²) in [5.41, 5.74) is 0.311. The Bertz CT molecular complexity index is 1050. The molecule has 0 atom stereocenters. The lowest BCUT2D eigenvalue weighted by molar-refractivity contribution is -0.122. The second-order valence-corrected chi connectivity index (χ2v) is 9.51. The van der Waals surface area contributed by atoms with Gasteiger partial charge >= 0.3 is 24.3 Å². The molecule has 1 aliphatic rings. The number of carbonyl (C=O) groups is 2. The largest absolute Gasteiger partial charge is 0.467 e. The van der Waals surface area contributed by atoms with Gasteiger partial charge in [0.15, 0.2) is 5.82 Å². The Morgan fingerprint density at radius 1 is 1.00 bits per heavy atom. The maximum atomic E-state index is 12.9. The minimum absolute atomic E-state index is 0.0985. The molecular weight excluding hydrogens is 495 g/mol. The van der Waals surface area contributed by atoms with Crippen molar-refractivity contribution in [1.82, 2.24) is 30.6 Å². The highest BCUT2D eigenvalue weighted by molar-refractivity contribution is 5.91. The van der Waals surface area contributed by atoms with Crippen LogP contribution >= 0.6 is 0 Å². The van der Waals surface area contributed by atoms with E-state index in [0.29, 0.717) is 36.9 Å². The van der Waals surface area contributed by atoms with Gasteiger partial charge < -0.3 is 20.1 Å². The van der Waals surface area contributed by atoms with Crippen LogP contribution in [0.15, 0.2) is 24.8 Å². The molecule has 202 valence electrons. The van der Waals surface area contributed by atoms with E-state index in [0.717, 1.165) is 0 Å². The van der Waals surface area contributed by atoms with Crippen LogP contribution in [0.4, 0.5) is 28.6 Å². The maximum absolute atomic E-state index is 12.9. The normalized spacial score (nSPS) is 18.0. The number of alkyl halides is 3. The highest BCUT2D eigenvalue weighted by Gasteiger charge is 2.34. The zero-order valence-corrected chi connectivity index (χ0v) is 21.0. The third kappa shape index (κ3) is 8.43. The van der Waals surface area contributed by atoms with E-state index in [-0.39, 0.29) is 17.9 Å². The Morgan fingerprint density at radius 2 is 1.65 bits per heavy atom. The molecule has 2 N–H and O–H groups in total. The fourth-order valence-electron chi connectivity index (χ4n) is 3.82. The average molecular weight is 526 g/mol. The number of methoxy groups -OCH3 is 1. The summed E-state index contributed by atoms with van der Waals surface area (Å²) in [6.07, 6.45) is 2.43. The summed E-state index contributed by atoms with van der Waals surface area (Å²) in [5.74, 6) is 0.0985. The number of hydrogen-bond acceptors (Lipinski definition) is 8. The van der Waals surface area contributed by atoms with Crippen LogP contribution in [0.2, 0.25) is 0 Å². The quantitative estimate of drug-likeness (QED) is 0.581. The molecule has 1 fully saturated rings. The molecule has 0 saturated heterocycles. The van der Waals surface area contributed by atoms with Crippen LogP contribution in [0, 0.1) is 0 Å². The smallest absolute Gasteiger partial charge is 0.407 e.